The average Bonchev–Trinajstić information content (AvgIpc) is 3.61. The molecule has 6 amide bonds. The highest BCUT2D eigenvalue weighted by Gasteiger charge is 2.42. The first-order chi connectivity index (χ1) is 17.7. The van der Waals surface area contributed by atoms with Crippen molar-refractivity contribution in [3.8, 4) is 0 Å². The summed E-state index contributed by atoms with van der Waals surface area (Å²) in [5.41, 5.74) is 5.50. The van der Waals surface area contributed by atoms with Crippen molar-refractivity contribution in [3.63, 3.8) is 0 Å². The van der Waals surface area contributed by atoms with Crippen LogP contribution in [0.5, 0.6) is 0 Å². The van der Waals surface area contributed by atoms with Crippen LogP contribution in [0.3, 0.4) is 0 Å². The second-order valence-electron chi connectivity index (χ2n) is 8.99. The number of amides is 6. The van der Waals surface area contributed by atoms with Crippen molar-refractivity contribution in [3.05, 3.63) is 48.3 Å². The van der Waals surface area contributed by atoms with E-state index >= 15 is 0 Å². The molecule has 0 bridgehead atoms. The lowest BCUT2D eigenvalue weighted by Gasteiger charge is -2.25. The lowest BCUT2D eigenvalue weighted by Crippen LogP contribution is -2.52. The highest BCUT2D eigenvalue weighted by atomic mass is 16.3. The van der Waals surface area contributed by atoms with Gasteiger partial charge in [-0.05, 0) is 57.4 Å². The summed E-state index contributed by atoms with van der Waals surface area (Å²) >= 11 is 0. The number of nitrogens with zero attached hydrogens (tertiary/aromatic N) is 1. The summed E-state index contributed by atoms with van der Waals surface area (Å²) in [7, 11) is 0. The minimum atomic E-state index is -1.02. The van der Waals surface area contributed by atoms with Crippen molar-refractivity contribution in [1.29, 1.82) is 0 Å². The van der Waals surface area contributed by atoms with Crippen molar-refractivity contribution >= 4 is 29.7 Å². The highest BCUT2D eigenvalue weighted by molar-refractivity contribution is 5.97. The molecule has 3 atom stereocenters. The average molecular weight is 517 g/mol. The van der Waals surface area contributed by atoms with Gasteiger partial charge in [0.25, 0.3) is 11.8 Å². The third kappa shape index (κ3) is 7.59. The molecule has 3 rings (SSSR count). The van der Waals surface area contributed by atoms with Crippen LogP contribution in [0.15, 0.2) is 45.6 Å². The standard InChI is InChI=1S/C24H32N6O7/c1-14(2)27-24(35)28-15-12-17(30(13-15)23(34)19-8-5-11-37-19)21(32)29-16(20(25)31)6-3-9-26-22(33)18-7-4-10-36-18/h4-5,7-8,10-11,14-17H,3,6,9,12-13H2,1-2H3,(H2,25,31)(H,26,33)(H,29,32)(H2,27,28,35). The topological polar surface area (TPSA) is 189 Å². The van der Waals surface area contributed by atoms with E-state index in [0.717, 1.165) is 0 Å². The Bertz CT molecular complexity index is 1080. The molecule has 0 aromatic carbocycles. The van der Waals surface area contributed by atoms with Gasteiger partial charge >= 0.3 is 6.03 Å². The fourth-order valence-corrected chi connectivity index (χ4v) is 4.00. The van der Waals surface area contributed by atoms with Gasteiger partial charge in [-0.2, -0.15) is 0 Å². The molecule has 0 spiro atoms. The van der Waals surface area contributed by atoms with Gasteiger partial charge in [0, 0.05) is 19.1 Å². The Morgan fingerprint density at radius 2 is 1.73 bits per heavy atom. The summed E-state index contributed by atoms with van der Waals surface area (Å²) in [5, 5.41) is 10.7. The predicted octanol–water partition coefficient (Wildman–Crippen LogP) is 0.344. The maximum absolute atomic E-state index is 13.2. The molecule has 3 heterocycles. The summed E-state index contributed by atoms with van der Waals surface area (Å²) in [5.74, 6) is -2.05. The molecule has 0 saturated carbocycles. The van der Waals surface area contributed by atoms with Crippen LogP contribution in [-0.2, 0) is 9.59 Å². The third-order valence-corrected chi connectivity index (χ3v) is 5.71. The molecule has 1 fully saturated rings. The number of hydrogen-bond acceptors (Lipinski definition) is 7. The zero-order valence-electron chi connectivity index (χ0n) is 20.7. The molecule has 3 unspecified atom stereocenters. The van der Waals surface area contributed by atoms with Crippen molar-refractivity contribution in [2.45, 2.75) is 57.3 Å². The molecular formula is C24H32N6O7. The molecule has 6 N–H and O–H groups in total. The van der Waals surface area contributed by atoms with Crippen molar-refractivity contribution in [1.82, 2.24) is 26.2 Å². The maximum atomic E-state index is 13.2. The van der Waals surface area contributed by atoms with Gasteiger partial charge in [-0.15, -0.1) is 0 Å². The van der Waals surface area contributed by atoms with E-state index in [-0.39, 0.29) is 43.5 Å². The van der Waals surface area contributed by atoms with Gasteiger partial charge in [-0.3, -0.25) is 19.2 Å². The minimum absolute atomic E-state index is 0.0452. The molecule has 0 aliphatic carbocycles. The molecule has 2 aromatic rings. The first kappa shape index (κ1) is 27.3. The Morgan fingerprint density at radius 3 is 2.32 bits per heavy atom. The fraction of sp³-hybridized carbons (Fsp3) is 0.458. The SMILES string of the molecule is CC(C)NC(=O)NC1CC(C(=O)NC(CCCNC(=O)c2ccco2)C(N)=O)N(C(=O)c2ccco2)C1. The van der Waals surface area contributed by atoms with Gasteiger partial charge in [-0.1, -0.05) is 0 Å². The Balaban J connectivity index is 1.61. The molecule has 1 aliphatic heterocycles. The van der Waals surface area contributed by atoms with Crippen LogP contribution in [0.1, 0.15) is 54.2 Å². The predicted molar refractivity (Wildman–Crippen MR) is 130 cm³/mol. The van der Waals surface area contributed by atoms with Crippen LogP contribution in [0.2, 0.25) is 0 Å². The Kier molecular flexibility index (Phi) is 9.30. The van der Waals surface area contributed by atoms with E-state index in [0.29, 0.717) is 6.42 Å². The molecule has 200 valence electrons. The lowest BCUT2D eigenvalue weighted by atomic mass is 10.1. The van der Waals surface area contributed by atoms with Gasteiger partial charge in [0.2, 0.25) is 11.8 Å². The van der Waals surface area contributed by atoms with Crippen LogP contribution < -0.4 is 27.0 Å². The van der Waals surface area contributed by atoms with E-state index in [9.17, 15) is 24.0 Å². The second-order valence-corrected chi connectivity index (χ2v) is 8.99. The van der Waals surface area contributed by atoms with Gasteiger partial charge < -0.3 is 40.7 Å². The molecule has 2 aromatic heterocycles. The third-order valence-electron chi connectivity index (χ3n) is 5.71. The molecule has 13 heteroatoms. The van der Waals surface area contributed by atoms with Crippen molar-refractivity contribution in [2.75, 3.05) is 13.1 Å². The lowest BCUT2D eigenvalue weighted by molar-refractivity contribution is -0.129. The number of furan rings is 2. The van der Waals surface area contributed by atoms with Crippen LogP contribution in [0.4, 0.5) is 4.79 Å². The number of carbonyl (C=O) groups is 5. The monoisotopic (exact) mass is 516 g/mol. The molecular weight excluding hydrogens is 484 g/mol. The number of primary amides is 1. The number of likely N-dealkylation sites (tertiary alicyclic amines) is 1. The first-order valence-corrected chi connectivity index (χ1v) is 12.0. The van der Waals surface area contributed by atoms with E-state index in [2.05, 4.69) is 21.3 Å². The van der Waals surface area contributed by atoms with E-state index in [1.165, 1.54) is 29.6 Å². The molecule has 1 aliphatic rings. The number of nitrogens with one attached hydrogen (secondary N) is 4. The Hall–Kier alpha value is -4.29. The van der Waals surface area contributed by atoms with E-state index in [4.69, 9.17) is 14.6 Å². The molecule has 37 heavy (non-hydrogen) atoms. The van der Waals surface area contributed by atoms with Crippen molar-refractivity contribution < 1.29 is 32.8 Å². The smallest absolute Gasteiger partial charge is 0.315 e. The molecule has 13 nitrogen and oxygen atoms in total. The zero-order valence-corrected chi connectivity index (χ0v) is 20.7. The number of carbonyl (C=O) groups excluding carboxylic acids is 5. The van der Waals surface area contributed by atoms with Crippen LogP contribution in [0.25, 0.3) is 0 Å². The van der Waals surface area contributed by atoms with Crippen LogP contribution in [-0.4, -0.2) is 71.8 Å². The Morgan fingerprint density at radius 1 is 1.05 bits per heavy atom. The highest BCUT2D eigenvalue weighted by Crippen LogP contribution is 2.22. The molecule has 0 radical (unpaired) electrons. The van der Waals surface area contributed by atoms with Gasteiger partial charge in [0.15, 0.2) is 11.5 Å². The van der Waals surface area contributed by atoms with E-state index < -0.39 is 47.8 Å². The van der Waals surface area contributed by atoms with Gasteiger partial charge in [0.05, 0.1) is 18.6 Å². The van der Waals surface area contributed by atoms with E-state index in [1.807, 2.05) is 13.8 Å². The fourth-order valence-electron chi connectivity index (χ4n) is 4.00. The summed E-state index contributed by atoms with van der Waals surface area (Å²) in [6, 6.07) is 3.13. The summed E-state index contributed by atoms with van der Waals surface area (Å²) < 4.78 is 10.2. The first-order valence-electron chi connectivity index (χ1n) is 12.0. The number of hydrogen-bond donors (Lipinski definition) is 5. The maximum Gasteiger partial charge on any atom is 0.315 e. The Labute approximate surface area is 213 Å². The number of nitrogens with two attached hydrogens (primary N) is 1. The molecule has 1 saturated heterocycles. The minimum Gasteiger partial charge on any atom is -0.459 e. The summed E-state index contributed by atoms with van der Waals surface area (Å²) in [6.07, 6.45) is 3.37. The normalized spacial score (nSPS) is 17.8. The van der Waals surface area contributed by atoms with Crippen LogP contribution >= 0.6 is 0 Å². The number of urea groups is 1. The van der Waals surface area contributed by atoms with Gasteiger partial charge in [0.1, 0.15) is 12.1 Å². The quantitative estimate of drug-likeness (QED) is 0.266. The van der Waals surface area contributed by atoms with Crippen LogP contribution in [0, 0.1) is 0 Å². The van der Waals surface area contributed by atoms with Gasteiger partial charge in [-0.25, -0.2) is 4.79 Å². The largest absolute Gasteiger partial charge is 0.459 e. The number of rotatable bonds is 11. The summed E-state index contributed by atoms with van der Waals surface area (Å²) in [4.78, 5) is 63.7. The zero-order chi connectivity index (χ0) is 26.9. The van der Waals surface area contributed by atoms with Crippen molar-refractivity contribution in [2.24, 2.45) is 5.73 Å². The second kappa shape index (κ2) is 12.6. The van der Waals surface area contributed by atoms with E-state index in [1.54, 1.807) is 12.1 Å². The summed E-state index contributed by atoms with van der Waals surface area (Å²) in [6.45, 7) is 3.92.